The fraction of sp³-hybridized carbons (Fsp3) is 0.0385. The molecule has 262 valence electrons. The highest BCUT2D eigenvalue weighted by atomic mass is 32.1. The summed E-state index contributed by atoms with van der Waals surface area (Å²) in [4.78, 5) is 0. The van der Waals surface area contributed by atoms with Gasteiger partial charge in [-0.25, -0.2) is 0 Å². The summed E-state index contributed by atoms with van der Waals surface area (Å²) < 4.78 is 10.4. The topological polar surface area (TPSA) is 8.82 Å². The van der Waals surface area contributed by atoms with E-state index < -0.39 is 0 Å². The zero-order valence-electron chi connectivity index (χ0n) is 30.7. The summed E-state index contributed by atoms with van der Waals surface area (Å²) in [5.41, 5.74) is 15.4. The van der Waals surface area contributed by atoms with Crippen LogP contribution in [0.15, 0.2) is 158 Å². The van der Waals surface area contributed by atoms with Crippen LogP contribution in [0.1, 0.15) is 11.1 Å². The number of para-hydroxylation sites is 2. The Bertz CT molecular complexity index is 3600. The first-order valence-electron chi connectivity index (χ1n) is 19.3. The number of hydrogen-bond acceptors (Lipinski definition) is 2. The standard InChI is InChI=1S/C52H32N2S2/c1-29-19-21-31-11-3-5-13-35(31)45(29)33-23-25-39-37(27-33)47-49-52(56-43-17-9-7-15-41(43)53(39)49)48-38-28-34(46-30(2)20-22-32-12-4-6-14-36(32)46)24-26-40(38)54-42-16-8-10-18-44(42)55-51(47)50(48)54/h3-28H,1-2H3. The minimum atomic E-state index is 1.25. The summed E-state index contributed by atoms with van der Waals surface area (Å²) in [7, 11) is 0. The van der Waals surface area contributed by atoms with Gasteiger partial charge in [-0.2, -0.15) is 0 Å². The van der Waals surface area contributed by atoms with Crippen molar-refractivity contribution in [3.8, 4) is 22.3 Å². The summed E-state index contributed by atoms with van der Waals surface area (Å²) in [5.74, 6) is 0. The third kappa shape index (κ3) is 3.95. The second kappa shape index (κ2) is 11.1. The van der Waals surface area contributed by atoms with Gasteiger partial charge in [0.15, 0.2) is 0 Å². The van der Waals surface area contributed by atoms with Gasteiger partial charge < -0.3 is 8.80 Å². The number of rotatable bonds is 2. The molecule has 0 N–H and O–H groups in total. The molecule has 56 heavy (non-hydrogen) atoms. The van der Waals surface area contributed by atoms with Crippen molar-refractivity contribution in [1.82, 2.24) is 8.80 Å². The van der Waals surface area contributed by atoms with Crippen LogP contribution in [0.25, 0.3) is 117 Å². The number of hydrogen-bond donors (Lipinski definition) is 0. The van der Waals surface area contributed by atoms with Crippen LogP contribution < -0.4 is 0 Å². The molecule has 4 heterocycles. The number of nitrogens with zero attached hydrogens (tertiary/aromatic N) is 2. The summed E-state index contributed by atoms with van der Waals surface area (Å²) >= 11 is 3.88. The third-order valence-corrected chi connectivity index (χ3v) is 14.6. The molecular formula is C52H32N2S2. The van der Waals surface area contributed by atoms with Gasteiger partial charge >= 0.3 is 0 Å². The van der Waals surface area contributed by atoms with Crippen molar-refractivity contribution in [3.05, 3.63) is 169 Å². The van der Waals surface area contributed by atoms with Crippen LogP contribution in [0.3, 0.4) is 0 Å². The Morgan fingerprint density at radius 2 is 0.804 bits per heavy atom. The second-order valence-electron chi connectivity index (χ2n) is 15.3. The van der Waals surface area contributed by atoms with E-state index in [0.29, 0.717) is 0 Å². The van der Waals surface area contributed by atoms with Gasteiger partial charge in [-0.05, 0) is 117 Å². The molecule has 0 unspecified atom stereocenters. The molecule has 0 aliphatic carbocycles. The molecule has 4 aromatic heterocycles. The monoisotopic (exact) mass is 748 g/mol. The highest BCUT2D eigenvalue weighted by molar-refractivity contribution is 7.27. The van der Waals surface area contributed by atoms with Gasteiger partial charge in [0.25, 0.3) is 0 Å². The van der Waals surface area contributed by atoms with Crippen molar-refractivity contribution < 1.29 is 0 Å². The Labute approximate surface area is 329 Å². The molecule has 0 saturated carbocycles. The number of aromatic nitrogens is 2. The Morgan fingerprint density at radius 1 is 0.375 bits per heavy atom. The molecular weight excluding hydrogens is 717 g/mol. The highest BCUT2D eigenvalue weighted by Crippen LogP contribution is 2.51. The Hall–Kier alpha value is -6.46. The predicted molar refractivity (Wildman–Crippen MR) is 244 cm³/mol. The molecule has 13 aromatic rings. The fourth-order valence-corrected chi connectivity index (χ4v) is 12.4. The summed E-state index contributed by atoms with van der Waals surface area (Å²) in [6, 6.07) is 59.1. The lowest BCUT2D eigenvalue weighted by atomic mass is 9.93. The zero-order valence-corrected chi connectivity index (χ0v) is 32.4. The molecule has 0 saturated heterocycles. The first kappa shape index (κ1) is 30.8. The number of fused-ring (bicyclic) bond motifs is 14. The lowest BCUT2D eigenvalue weighted by molar-refractivity contribution is 1.35. The highest BCUT2D eigenvalue weighted by Gasteiger charge is 2.26. The first-order valence-corrected chi connectivity index (χ1v) is 20.9. The Morgan fingerprint density at radius 3 is 1.29 bits per heavy atom. The molecule has 0 spiro atoms. The van der Waals surface area contributed by atoms with E-state index in [4.69, 9.17) is 0 Å². The van der Waals surface area contributed by atoms with E-state index in [9.17, 15) is 0 Å². The second-order valence-corrected chi connectivity index (χ2v) is 17.4. The molecule has 13 rings (SSSR count). The van der Waals surface area contributed by atoms with Crippen LogP contribution in [0.5, 0.6) is 0 Å². The van der Waals surface area contributed by atoms with Crippen molar-refractivity contribution in [2.45, 2.75) is 13.8 Å². The van der Waals surface area contributed by atoms with Crippen LogP contribution in [-0.4, -0.2) is 8.80 Å². The maximum Gasteiger partial charge on any atom is 0.0736 e. The van der Waals surface area contributed by atoms with Gasteiger partial charge in [0.1, 0.15) is 0 Å². The summed E-state index contributed by atoms with van der Waals surface area (Å²) in [5, 5.41) is 10.4. The lowest BCUT2D eigenvalue weighted by Crippen LogP contribution is -1.91. The van der Waals surface area contributed by atoms with Crippen molar-refractivity contribution >= 4 is 118 Å². The third-order valence-electron chi connectivity index (χ3n) is 12.3. The van der Waals surface area contributed by atoms with Gasteiger partial charge in [-0.1, -0.05) is 109 Å². The normalized spacial score (nSPS) is 12.5. The van der Waals surface area contributed by atoms with E-state index in [0.717, 1.165) is 0 Å². The van der Waals surface area contributed by atoms with E-state index in [1.165, 1.54) is 128 Å². The number of aryl methyl sites for hydroxylation is 2. The molecule has 0 fully saturated rings. The van der Waals surface area contributed by atoms with E-state index in [1.54, 1.807) is 0 Å². The molecule has 0 radical (unpaired) electrons. The van der Waals surface area contributed by atoms with Crippen LogP contribution in [0, 0.1) is 13.8 Å². The molecule has 0 bridgehead atoms. The van der Waals surface area contributed by atoms with Crippen LogP contribution in [0.4, 0.5) is 0 Å². The Balaban J connectivity index is 1.27. The molecule has 0 aliphatic heterocycles. The molecule has 4 heteroatoms. The largest absolute Gasteiger partial charge is 0.306 e. The first-order chi connectivity index (χ1) is 27.6. The van der Waals surface area contributed by atoms with Crippen LogP contribution in [0.2, 0.25) is 0 Å². The lowest BCUT2D eigenvalue weighted by Gasteiger charge is -2.12. The van der Waals surface area contributed by atoms with Gasteiger partial charge in [-0.3, -0.25) is 0 Å². The maximum atomic E-state index is 2.57. The molecule has 2 nitrogen and oxygen atoms in total. The molecule has 0 aliphatic rings. The van der Waals surface area contributed by atoms with Crippen molar-refractivity contribution in [3.63, 3.8) is 0 Å². The predicted octanol–water partition coefficient (Wildman–Crippen LogP) is 15.5. The minimum absolute atomic E-state index is 1.25. The number of benzene rings is 9. The molecule has 0 amide bonds. The van der Waals surface area contributed by atoms with E-state index >= 15 is 0 Å². The van der Waals surface area contributed by atoms with Crippen molar-refractivity contribution in [1.29, 1.82) is 0 Å². The van der Waals surface area contributed by atoms with Crippen LogP contribution >= 0.6 is 22.7 Å². The van der Waals surface area contributed by atoms with Gasteiger partial charge in [0.2, 0.25) is 0 Å². The Kier molecular flexibility index (Phi) is 6.09. The smallest absolute Gasteiger partial charge is 0.0736 e. The van der Waals surface area contributed by atoms with Crippen molar-refractivity contribution in [2.24, 2.45) is 0 Å². The SMILES string of the molecule is Cc1ccc2ccccc2c1-c1ccc2c(c1)c1c3sc4ccccc4n4c5ccc(-c6c(C)ccc7ccccc67)cc5c(c5sc6ccccc6n2c51)c34. The quantitative estimate of drug-likeness (QED) is 0.156. The summed E-state index contributed by atoms with van der Waals surface area (Å²) in [6.07, 6.45) is 0. The summed E-state index contributed by atoms with van der Waals surface area (Å²) in [6.45, 7) is 4.50. The van der Waals surface area contributed by atoms with E-state index in [1.807, 2.05) is 22.7 Å². The maximum absolute atomic E-state index is 2.57. The van der Waals surface area contributed by atoms with Crippen molar-refractivity contribution in [2.75, 3.05) is 0 Å². The van der Waals surface area contributed by atoms with Gasteiger partial charge in [0, 0.05) is 21.5 Å². The molecule has 9 aromatic carbocycles. The average Bonchev–Trinajstić information content (AvgIpc) is 3.77. The minimum Gasteiger partial charge on any atom is -0.306 e. The average molecular weight is 749 g/mol. The van der Waals surface area contributed by atoms with Crippen LogP contribution in [-0.2, 0) is 0 Å². The molecule has 0 atom stereocenters. The van der Waals surface area contributed by atoms with Gasteiger partial charge in [0.05, 0.1) is 51.9 Å². The fourth-order valence-electron chi connectivity index (χ4n) is 9.92. The van der Waals surface area contributed by atoms with E-state index in [-0.39, 0.29) is 0 Å². The van der Waals surface area contributed by atoms with E-state index in [2.05, 4.69) is 180 Å². The zero-order chi connectivity index (χ0) is 36.8. The van der Waals surface area contributed by atoms with Gasteiger partial charge in [-0.15, -0.1) is 22.7 Å².